The van der Waals surface area contributed by atoms with Crippen LogP contribution in [-0.2, 0) is 11.3 Å². The Labute approximate surface area is 167 Å². The Hall–Kier alpha value is -2.62. The van der Waals surface area contributed by atoms with Crippen LogP contribution >= 0.6 is 0 Å². The fourth-order valence-electron chi connectivity index (χ4n) is 4.26. The first-order valence-corrected chi connectivity index (χ1v) is 10.5. The molecule has 0 radical (unpaired) electrons. The number of unbranched alkanes of at least 4 members (excludes halogenated alkanes) is 3. The Morgan fingerprint density at radius 3 is 2.75 bits per heavy atom. The highest BCUT2D eigenvalue weighted by Crippen LogP contribution is 2.33. The SMILES string of the molecule is CCCCCCn1c([C@H]2CC(=O)N(c3cccc(C)c3)C2)nc2ccccc21. The monoisotopic (exact) mass is 375 g/mol. The maximum atomic E-state index is 12.8. The van der Waals surface area contributed by atoms with Gasteiger partial charge in [-0.2, -0.15) is 0 Å². The van der Waals surface area contributed by atoms with E-state index in [0.717, 1.165) is 30.0 Å². The Bertz CT molecular complexity index is 975. The summed E-state index contributed by atoms with van der Waals surface area (Å²) in [5.41, 5.74) is 4.40. The smallest absolute Gasteiger partial charge is 0.227 e. The zero-order valence-corrected chi connectivity index (χ0v) is 16.9. The molecule has 1 amide bonds. The van der Waals surface area contributed by atoms with Crippen LogP contribution in [0.15, 0.2) is 48.5 Å². The van der Waals surface area contributed by atoms with E-state index in [1.165, 1.54) is 30.3 Å². The number of rotatable bonds is 7. The fourth-order valence-corrected chi connectivity index (χ4v) is 4.26. The summed E-state index contributed by atoms with van der Waals surface area (Å²) >= 11 is 0. The molecule has 1 aromatic heterocycles. The molecule has 1 atom stereocenters. The zero-order chi connectivity index (χ0) is 19.5. The summed E-state index contributed by atoms with van der Waals surface area (Å²) < 4.78 is 2.36. The summed E-state index contributed by atoms with van der Waals surface area (Å²) in [6.07, 6.45) is 5.43. The molecule has 1 aliphatic heterocycles. The van der Waals surface area contributed by atoms with Gasteiger partial charge in [-0.05, 0) is 43.2 Å². The van der Waals surface area contributed by atoms with Gasteiger partial charge in [-0.3, -0.25) is 4.79 Å². The molecule has 1 saturated heterocycles. The molecule has 0 N–H and O–H groups in total. The number of hydrogen-bond donors (Lipinski definition) is 0. The van der Waals surface area contributed by atoms with Gasteiger partial charge in [0.05, 0.1) is 11.0 Å². The van der Waals surface area contributed by atoms with Gasteiger partial charge >= 0.3 is 0 Å². The molecular formula is C24H29N3O. The van der Waals surface area contributed by atoms with E-state index in [1.807, 2.05) is 23.1 Å². The number of hydrogen-bond acceptors (Lipinski definition) is 2. The summed E-state index contributed by atoms with van der Waals surface area (Å²) in [4.78, 5) is 19.7. The number of fused-ring (bicyclic) bond motifs is 1. The maximum Gasteiger partial charge on any atom is 0.227 e. The van der Waals surface area contributed by atoms with Gasteiger partial charge in [0, 0.05) is 31.1 Å². The van der Waals surface area contributed by atoms with Crippen molar-refractivity contribution in [3.8, 4) is 0 Å². The number of aromatic nitrogens is 2. The molecule has 3 aromatic rings. The average molecular weight is 376 g/mol. The number of anilines is 1. The number of para-hydroxylation sites is 2. The van der Waals surface area contributed by atoms with Gasteiger partial charge < -0.3 is 9.47 Å². The standard InChI is InChI=1S/C24H29N3O/c1-3-4-5-8-14-26-22-13-7-6-12-21(22)25-24(26)19-16-23(28)27(17-19)20-11-9-10-18(2)15-20/h6-7,9-13,15,19H,3-5,8,14,16-17H2,1-2H3/t19-/m0/s1. The lowest BCUT2D eigenvalue weighted by Crippen LogP contribution is -2.24. The highest BCUT2D eigenvalue weighted by atomic mass is 16.2. The summed E-state index contributed by atoms with van der Waals surface area (Å²) in [5.74, 6) is 1.41. The molecule has 4 heteroatoms. The molecular weight excluding hydrogens is 346 g/mol. The number of amides is 1. The quantitative estimate of drug-likeness (QED) is 0.515. The predicted octanol–water partition coefficient (Wildman–Crippen LogP) is 5.45. The second-order valence-corrected chi connectivity index (χ2v) is 7.92. The molecule has 0 bridgehead atoms. The number of imidazole rings is 1. The van der Waals surface area contributed by atoms with Crippen molar-refractivity contribution in [3.05, 3.63) is 59.9 Å². The van der Waals surface area contributed by atoms with Crippen LogP contribution in [0.4, 0.5) is 5.69 Å². The number of nitrogens with zero attached hydrogens (tertiary/aromatic N) is 3. The second-order valence-electron chi connectivity index (χ2n) is 7.92. The summed E-state index contributed by atoms with van der Waals surface area (Å²) in [7, 11) is 0. The lowest BCUT2D eigenvalue weighted by Gasteiger charge is -2.18. The van der Waals surface area contributed by atoms with Crippen molar-refractivity contribution in [2.45, 2.75) is 58.4 Å². The van der Waals surface area contributed by atoms with Crippen LogP contribution in [0.2, 0.25) is 0 Å². The molecule has 4 rings (SSSR count). The number of aryl methyl sites for hydroxylation is 2. The number of carbonyl (C=O) groups is 1. The van der Waals surface area contributed by atoms with E-state index in [9.17, 15) is 4.79 Å². The molecule has 1 fully saturated rings. The fraction of sp³-hybridized carbons (Fsp3) is 0.417. The first kappa shape index (κ1) is 18.7. The van der Waals surface area contributed by atoms with Crippen molar-refractivity contribution in [1.29, 1.82) is 0 Å². The van der Waals surface area contributed by atoms with Crippen molar-refractivity contribution < 1.29 is 4.79 Å². The summed E-state index contributed by atoms with van der Waals surface area (Å²) in [6.45, 7) is 5.99. The van der Waals surface area contributed by atoms with Crippen molar-refractivity contribution in [2.24, 2.45) is 0 Å². The molecule has 28 heavy (non-hydrogen) atoms. The van der Waals surface area contributed by atoms with E-state index in [2.05, 4.69) is 48.7 Å². The van der Waals surface area contributed by atoms with Gasteiger partial charge in [-0.1, -0.05) is 50.5 Å². The molecule has 2 aromatic carbocycles. The highest BCUT2D eigenvalue weighted by Gasteiger charge is 2.34. The van der Waals surface area contributed by atoms with Crippen molar-refractivity contribution in [2.75, 3.05) is 11.4 Å². The van der Waals surface area contributed by atoms with Crippen molar-refractivity contribution >= 4 is 22.6 Å². The molecule has 2 heterocycles. The maximum absolute atomic E-state index is 12.8. The molecule has 0 aliphatic carbocycles. The number of carbonyl (C=O) groups excluding carboxylic acids is 1. The lowest BCUT2D eigenvalue weighted by molar-refractivity contribution is -0.117. The third-order valence-corrected chi connectivity index (χ3v) is 5.72. The third kappa shape index (κ3) is 3.68. The zero-order valence-electron chi connectivity index (χ0n) is 16.9. The minimum Gasteiger partial charge on any atom is -0.328 e. The van der Waals surface area contributed by atoms with Gasteiger partial charge in [-0.25, -0.2) is 4.98 Å². The highest BCUT2D eigenvalue weighted by molar-refractivity contribution is 5.96. The lowest BCUT2D eigenvalue weighted by atomic mass is 10.1. The first-order chi connectivity index (χ1) is 13.7. The van der Waals surface area contributed by atoms with E-state index in [0.29, 0.717) is 13.0 Å². The summed E-state index contributed by atoms with van der Waals surface area (Å²) in [5, 5.41) is 0. The third-order valence-electron chi connectivity index (χ3n) is 5.72. The molecule has 4 nitrogen and oxygen atoms in total. The normalized spacial score (nSPS) is 17.0. The van der Waals surface area contributed by atoms with Crippen LogP contribution in [0, 0.1) is 6.92 Å². The van der Waals surface area contributed by atoms with Crippen molar-refractivity contribution in [1.82, 2.24) is 9.55 Å². The topological polar surface area (TPSA) is 38.1 Å². The Kier molecular flexibility index (Phi) is 5.47. The van der Waals surface area contributed by atoms with Gasteiger partial charge in [0.15, 0.2) is 0 Å². The van der Waals surface area contributed by atoms with Crippen LogP contribution in [0.25, 0.3) is 11.0 Å². The van der Waals surface area contributed by atoms with E-state index >= 15 is 0 Å². The van der Waals surface area contributed by atoms with Crippen molar-refractivity contribution in [3.63, 3.8) is 0 Å². The average Bonchev–Trinajstić information content (AvgIpc) is 3.26. The molecule has 0 spiro atoms. The molecule has 1 aliphatic rings. The van der Waals surface area contributed by atoms with Gasteiger partial charge in [0.1, 0.15) is 5.82 Å². The van der Waals surface area contributed by atoms with Crippen LogP contribution in [0.5, 0.6) is 0 Å². The predicted molar refractivity (Wildman–Crippen MR) is 115 cm³/mol. The Balaban J connectivity index is 1.62. The molecule has 0 saturated carbocycles. The van der Waals surface area contributed by atoms with Gasteiger partial charge in [0.2, 0.25) is 5.91 Å². The van der Waals surface area contributed by atoms with E-state index in [-0.39, 0.29) is 11.8 Å². The Morgan fingerprint density at radius 2 is 1.93 bits per heavy atom. The van der Waals surface area contributed by atoms with Gasteiger partial charge in [-0.15, -0.1) is 0 Å². The van der Waals surface area contributed by atoms with E-state index in [4.69, 9.17) is 4.98 Å². The van der Waals surface area contributed by atoms with Crippen LogP contribution in [-0.4, -0.2) is 22.0 Å². The number of benzene rings is 2. The molecule has 0 unspecified atom stereocenters. The van der Waals surface area contributed by atoms with Crippen LogP contribution in [0.3, 0.4) is 0 Å². The minimum atomic E-state index is 0.145. The largest absolute Gasteiger partial charge is 0.328 e. The first-order valence-electron chi connectivity index (χ1n) is 10.5. The van der Waals surface area contributed by atoms with E-state index < -0.39 is 0 Å². The van der Waals surface area contributed by atoms with Gasteiger partial charge in [0.25, 0.3) is 0 Å². The van der Waals surface area contributed by atoms with Crippen LogP contribution in [0.1, 0.15) is 56.3 Å². The molecule has 146 valence electrons. The second kappa shape index (κ2) is 8.17. The Morgan fingerprint density at radius 1 is 1.07 bits per heavy atom. The summed E-state index contributed by atoms with van der Waals surface area (Å²) in [6, 6.07) is 16.6. The van der Waals surface area contributed by atoms with Crippen LogP contribution < -0.4 is 4.90 Å². The minimum absolute atomic E-state index is 0.145. The van der Waals surface area contributed by atoms with E-state index in [1.54, 1.807) is 0 Å².